The molecule has 0 atom stereocenters. The number of allylic oxidation sites excluding steroid dienone is 2. The first-order chi connectivity index (χ1) is 10.3. The van der Waals surface area contributed by atoms with Gasteiger partial charge in [-0.1, -0.05) is 0 Å². The summed E-state index contributed by atoms with van der Waals surface area (Å²) in [5, 5.41) is 3.97. The highest BCUT2D eigenvalue weighted by atomic mass is 19.4. The van der Waals surface area contributed by atoms with Crippen LogP contribution in [0.25, 0.3) is 5.69 Å². The third-order valence-corrected chi connectivity index (χ3v) is 2.77. The molecular weight excluding hydrogens is 297 g/mol. The highest BCUT2D eigenvalue weighted by Crippen LogP contribution is 2.29. The second-order valence-corrected chi connectivity index (χ2v) is 4.50. The van der Waals surface area contributed by atoms with Gasteiger partial charge >= 0.3 is 6.18 Å². The Kier molecular flexibility index (Phi) is 4.25. The van der Waals surface area contributed by atoms with E-state index in [2.05, 4.69) is 5.10 Å². The summed E-state index contributed by atoms with van der Waals surface area (Å²) in [4.78, 5) is 22.5. The molecule has 0 N–H and O–H groups in total. The van der Waals surface area contributed by atoms with Crippen molar-refractivity contribution in [3.63, 3.8) is 0 Å². The number of aromatic nitrogens is 2. The average Bonchev–Trinajstić information content (AvgIpc) is 2.93. The molecule has 2 rings (SSSR count). The predicted octanol–water partition coefficient (Wildman–Crippen LogP) is 3.22. The molecule has 22 heavy (non-hydrogen) atoms. The van der Waals surface area contributed by atoms with E-state index in [0.29, 0.717) is 5.69 Å². The molecule has 0 bridgehead atoms. The predicted molar refractivity (Wildman–Crippen MR) is 72.7 cm³/mol. The first kappa shape index (κ1) is 15.7. The van der Waals surface area contributed by atoms with E-state index in [4.69, 9.17) is 0 Å². The highest BCUT2D eigenvalue weighted by molar-refractivity contribution is 6.06. The molecule has 0 saturated heterocycles. The monoisotopic (exact) mass is 308 g/mol. The smallest absolute Gasteiger partial charge is 0.295 e. The number of ketones is 2. The first-order valence-corrected chi connectivity index (χ1v) is 6.23. The largest absolute Gasteiger partial charge is 0.416 e. The number of carbonyl (C=O) groups excluding carboxylic acids is 2. The molecule has 1 aromatic carbocycles. The van der Waals surface area contributed by atoms with Gasteiger partial charge in [0.25, 0.3) is 0 Å². The summed E-state index contributed by atoms with van der Waals surface area (Å²) in [6.45, 7) is 1.31. The molecule has 0 unspecified atom stereocenters. The van der Waals surface area contributed by atoms with Gasteiger partial charge in [0.15, 0.2) is 5.78 Å². The van der Waals surface area contributed by atoms with Gasteiger partial charge < -0.3 is 0 Å². The quantitative estimate of drug-likeness (QED) is 0.643. The van der Waals surface area contributed by atoms with Crippen LogP contribution in [-0.4, -0.2) is 21.3 Å². The van der Waals surface area contributed by atoms with Crippen LogP contribution in [0.1, 0.15) is 23.0 Å². The average molecular weight is 308 g/mol. The maximum atomic E-state index is 12.5. The lowest BCUT2D eigenvalue weighted by molar-refractivity contribution is -0.137. The summed E-state index contributed by atoms with van der Waals surface area (Å²) < 4.78 is 38.7. The molecule has 0 fully saturated rings. The van der Waals surface area contributed by atoms with Gasteiger partial charge in [-0.3, -0.25) is 9.59 Å². The van der Waals surface area contributed by atoms with E-state index in [-0.39, 0.29) is 11.5 Å². The van der Waals surface area contributed by atoms with Gasteiger partial charge in [-0.05, 0) is 49.4 Å². The normalized spacial score (nSPS) is 11.8. The van der Waals surface area contributed by atoms with Gasteiger partial charge in [0, 0.05) is 6.20 Å². The Balaban J connectivity index is 2.21. The van der Waals surface area contributed by atoms with E-state index < -0.39 is 17.5 Å². The van der Waals surface area contributed by atoms with Crippen molar-refractivity contribution in [1.29, 1.82) is 0 Å². The summed E-state index contributed by atoms with van der Waals surface area (Å²) in [7, 11) is 0. The summed E-state index contributed by atoms with van der Waals surface area (Å²) in [6, 6.07) is 5.82. The minimum Gasteiger partial charge on any atom is -0.295 e. The Morgan fingerprint density at radius 2 is 1.73 bits per heavy atom. The number of alkyl halides is 3. The van der Waals surface area contributed by atoms with Crippen molar-refractivity contribution in [2.24, 2.45) is 0 Å². The van der Waals surface area contributed by atoms with Crippen LogP contribution in [0.5, 0.6) is 0 Å². The zero-order valence-corrected chi connectivity index (χ0v) is 11.5. The number of halogens is 3. The van der Waals surface area contributed by atoms with Crippen molar-refractivity contribution in [3.8, 4) is 5.69 Å². The molecule has 0 aliphatic heterocycles. The number of rotatable bonds is 4. The topological polar surface area (TPSA) is 52.0 Å². The van der Waals surface area contributed by atoms with Gasteiger partial charge in [-0.2, -0.15) is 18.3 Å². The van der Waals surface area contributed by atoms with E-state index in [1.807, 2.05) is 0 Å². The van der Waals surface area contributed by atoms with Crippen LogP contribution in [0.2, 0.25) is 0 Å². The number of carbonyl (C=O) groups is 2. The van der Waals surface area contributed by atoms with E-state index in [0.717, 1.165) is 24.3 Å². The SMILES string of the molecule is CC(=O)/C=C\C(=O)c1ccn(-c2ccc(C(F)(F)F)cc2)n1. The molecule has 0 saturated carbocycles. The zero-order valence-electron chi connectivity index (χ0n) is 11.5. The molecule has 0 radical (unpaired) electrons. The van der Waals surface area contributed by atoms with Gasteiger partial charge in [0.2, 0.25) is 5.78 Å². The summed E-state index contributed by atoms with van der Waals surface area (Å²) in [5.74, 6) is -0.726. The summed E-state index contributed by atoms with van der Waals surface area (Å²) in [5.41, 5.74) is -0.274. The van der Waals surface area contributed by atoms with Crippen LogP contribution in [0.4, 0.5) is 13.2 Å². The maximum Gasteiger partial charge on any atom is 0.416 e. The lowest BCUT2D eigenvalue weighted by Gasteiger charge is -2.07. The fourth-order valence-corrected chi connectivity index (χ4v) is 1.68. The van der Waals surface area contributed by atoms with Crippen LogP contribution >= 0.6 is 0 Å². The van der Waals surface area contributed by atoms with Crippen LogP contribution < -0.4 is 0 Å². The minimum absolute atomic E-state index is 0.0948. The van der Waals surface area contributed by atoms with Crippen LogP contribution in [0.3, 0.4) is 0 Å². The lowest BCUT2D eigenvalue weighted by Crippen LogP contribution is -2.05. The number of hydrogen-bond donors (Lipinski definition) is 0. The van der Waals surface area contributed by atoms with Crippen LogP contribution in [0, 0.1) is 0 Å². The standard InChI is InChI=1S/C15H11F3N2O2/c1-10(21)2-7-14(22)13-8-9-20(19-13)12-5-3-11(4-6-12)15(16,17)18/h2-9H,1H3/b7-2-. The molecule has 0 amide bonds. The highest BCUT2D eigenvalue weighted by Gasteiger charge is 2.30. The summed E-state index contributed by atoms with van der Waals surface area (Å²) in [6.07, 6.45) is -0.722. The first-order valence-electron chi connectivity index (χ1n) is 6.23. The third kappa shape index (κ3) is 3.69. The van der Waals surface area contributed by atoms with Crippen molar-refractivity contribution < 1.29 is 22.8 Å². The molecule has 2 aromatic rings. The Morgan fingerprint density at radius 3 is 2.27 bits per heavy atom. The fourth-order valence-electron chi connectivity index (χ4n) is 1.68. The molecule has 4 nitrogen and oxygen atoms in total. The Hall–Kier alpha value is -2.70. The Labute approximate surface area is 123 Å². The Bertz CT molecular complexity index is 728. The van der Waals surface area contributed by atoms with Crippen LogP contribution in [-0.2, 0) is 11.0 Å². The van der Waals surface area contributed by atoms with E-state index in [9.17, 15) is 22.8 Å². The lowest BCUT2D eigenvalue weighted by atomic mass is 10.2. The second-order valence-electron chi connectivity index (χ2n) is 4.50. The molecule has 1 aromatic heterocycles. The van der Waals surface area contributed by atoms with Gasteiger partial charge in [-0.25, -0.2) is 4.68 Å². The van der Waals surface area contributed by atoms with E-state index in [1.54, 1.807) is 0 Å². The van der Waals surface area contributed by atoms with Gasteiger partial charge in [0.1, 0.15) is 5.69 Å². The molecule has 0 aliphatic carbocycles. The van der Waals surface area contributed by atoms with Crippen molar-refractivity contribution in [1.82, 2.24) is 9.78 Å². The van der Waals surface area contributed by atoms with Crippen molar-refractivity contribution in [2.75, 3.05) is 0 Å². The van der Waals surface area contributed by atoms with Crippen molar-refractivity contribution in [3.05, 3.63) is 59.9 Å². The van der Waals surface area contributed by atoms with Gasteiger partial charge in [-0.15, -0.1) is 0 Å². The number of benzene rings is 1. The molecule has 114 valence electrons. The third-order valence-electron chi connectivity index (χ3n) is 2.77. The molecule has 7 heteroatoms. The fraction of sp³-hybridized carbons (Fsp3) is 0.133. The van der Waals surface area contributed by atoms with Gasteiger partial charge in [0.05, 0.1) is 11.3 Å². The number of nitrogens with zero attached hydrogens (tertiary/aromatic N) is 2. The minimum atomic E-state index is -4.40. The maximum absolute atomic E-state index is 12.5. The van der Waals surface area contributed by atoms with E-state index in [1.165, 1.54) is 36.0 Å². The number of hydrogen-bond acceptors (Lipinski definition) is 3. The van der Waals surface area contributed by atoms with Crippen molar-refractivity contribution in [2.45, 2.75) is 13.1 Å². The summed E-state index contributed by atoms with van der Waals surface area (Å²) >= 11 is 0. The van der Waals surface area contributed by atoms with Crippen molar-refractivity contribution >= 4 is 11.6 Å². The Morgan fingerprint density at radius 1 is 1.09 bits per heavy atom. The molecule has 0 aliphatic rings. The van der Waals surface area contributed by atoms with Crippen LogP contribution in [0.15, 0.2) is 48.7 Å². The van der Waals surface area contributed by atoms with E-state index >= 15 is 0 Å². The molecular formula is C15H11F3N2O2. The molecule has 1 heterocycles. The second kappa shape index (κ2) is 5.97. The zero-order chi connectivity index (χ0) is 16.3. The molecule has 0 spiro atoms.